The van der Waals surface area contributed by atoms with Crippen molar-refractivity contribution in [1.82, 2.24) is 0 Å². The molecule has 0 aromatic rings. The Labute approximate surface area is 189 Å². The van der Waals surface area contributed by atoms with Crippen molar-refractivity contribution in [2.24, 2.45) is 0 Å². The number of likely N-dealkylation sites (N-methyl/N-ethyl adjacent to an activating group) is 1. The van der Waals surface area contributed by atoms with Crippen molar-refractivity contribution in [2.45, 2.75) is 116 Å². The predicted octanol–water partition coefficient (Wildman–Crippen LogP) is 7.75. The summed E-state index contributed by atoms with van der Waals surface area (Å²) in [4.78, 5) is 9.86. The van der Waals surface area contributed by atoms with Gasteiger partial charge in [-0.2, -0.15) is 0 Å². The van der Waals surface area contributed by atoms with E-state index in [-0.39, 0.29) is 6.16 Å². The molecule has 0 aliphatic rings. The monoisotopic (exact) mass is 447 g/mol. The van der Waals surface area contributed by atoms with E-state index < -0.39 is 7.60 Å². The molecule has 1 radical (unpaired) electrons. The summed E-state index contributed by atoms with van der Waals surface area (Å²) in [7, 11) is 2.76. The Bertz CT molecular complexity index is 410. The van der Waals surface area contributed by atoms with Crippen LogP contribution in [-0.4, -0.2) is 49.8 Å². The van der Waals surface area contributed by atoms with E-state index >= 15 is 0 Å². The molecule has 0 bridgehead atoms. The van der Waals surface area contributed by atoms with Crippen LogP contribution in [-0.2, 0) is 9.09 Å². The van der Waals surface area contributed by atoms with Crippen molar-refractivity contribution >= 4 is 7.60 Å². The maximum Gasteiger partial charge on any atom is 0.328 e. The topological polar surface area (TPSA) is 46.5 Å². The summed E-state index contributed by atoms with van der Waals surface area (Å²) >= 11 is 0. The minimum absolute atomic E-state index is 0.277. The van der Waals surface area contributed by atoms with Gasteiger partial charge >= 0.3 is 7.60 Å². The van der Waals surface area contributed by atoms with E-state index in [1.54, 1.807) is 0 Å². The lowest BCUT2D eigenvalue weighted by Gasteiger charge is -2.24. The average Bonchev–Trinajstić information content (AvgIpc) is 2.65. The highest BCUT2D eigenvalue weighted by Gasteiger charge is 2.20. The summed E-state index contributed by atoms with van der Waals surface area (Å²) in [5, 5.41) is 0. The molecule has 0 fully saturated rings. The van der Waals surface area contributed by atoms with Gasteiger partial charge in [-0.05, 0) is 19.3 Å². The zero-order valence-electron chi connectivity index (χ0n) is 20.9. The van der Waals surface area contributed by atoms with Crippen LogP contribution < -0.4 is 0 Å². The SMILES string of the molecule is CCCCCCCCCCCCCCCC[CH]CCCP(=O)(O)OCC[N+](C)(C)C. The van der Waals surface area contributed by atoms with Gasteiger partial charge in [0, 0.05) is 6.16 Å². The number of hydrogen-bond donors (Lipinski definition) is 1. The first-order valence-electron chi connectivity index (χ1n) is 12.9. The minimum atomic E-state index is -3.40. The molecule has 4 nitrogen and oxygen atoms in total. The van der Waals surface area contributed by atoms with Crippen LogP contribution in [0.1, 0.15) is 116 Å². The average molecular weight is 448 g/mol. The second kappa shape index (κ2) is 19.8. The van der Waals surface area contributed by atoms with Crippen LogP contribution in [0.3, 0.4) is 0 Å². The molecule has 30 heavy (non-hydrogen) atoms. The molecule has 0 aromatic carbocycles. The fourth-order valence-electron chi connectivity index (χ4n) is 3.58. The molecule has 0 rings (SSSR count). The molecule has 1 N–H and O–H groups in total. The van der Waals surface area contributed by atoms with E-state index in [1.807, 2.05) is 0 Å². The lowest BCUT2D eigenvalue weighted by atomic mass is 10.0. The van der Waals surface area contributed by atoms with Crippen molar-refractivity contribution in [3.63, 3.8) is 0 Å². The highest BCUT2D eigenvalue weighted by Crippen LogP contribution is 2.42. The maximum atomic E-state index is 12.0. The third-order valence-corrected chi connectivity index (χ3v) is 7.13. The zero-order chi connectivity index (χ0) is 22.6. The van der Waals surface area contributed by atoms with E-state index in [2.05, 4.69) is 34.5 Å². The number of hydrogen-bond acceptors (Lipinski definition) is 2. The summed E-state index contributed by atoms with van der Waals surface area (Å²) in [5.74, 6) is 0. The van der Waals surface area contributed by atoms with Gasteiger partial charge in [0.25, 0.3) is 0 Å². The molecular weight excluding hydrogens is 393 g/mol. The van der Waals surface area contributed by atoms with Crippen LogP contribution in [0.4, 0.5) is 0 Å². The van der Waals surface area contributed by atoms with E-state index in [4.69, 9.17) is 4.52 Å². The number of unbranched alkanes of at least 4 members (excludes halogenated alkanes) is 17. The van der Waals surface area contributed by atoms with Gasteiger partial charge in [-0.25, -0.2) is 0 Å². The lowest BCUT2D eigenvalue weighted by Crippen LogP contribution is -2.37. The quantitative estimate of drug-likeness (QED) is 0.0989. The molecule has 181 valence electrons. The summed E-state index contributed by atoms with van der Waals surface area (Å²) in [6, 6.07) is 0. The Balaban J connectivity index is 3.26. The molecule has 0 aromatic heterocycles. The van der Waals surface area contributed by atoms with Crippen molar-refractivity contribution in [1.29, 1.82) is 0 Å². The van der Waals surface area contributed by atoms with Crippen LogP contribution in [0.2, 0.25) is 0 Å². The van der Waals surface area contributed by atoms with Gasteiger partial charge in [-0.3, -0.25) is 4.57 Å². The van der Waals surface area contributed by atoms with Crippen LogP contribution >= 0.6 is 7.60 Å². The van der Waals surface area contributed by atoms with Gasteiger partial charge in [0.2, 0.25) is 0 Å². The molecular formula is C25H54NO3P+. The molecule has 0 spiro atoms. The van der Waals surface area contributed by atoms with Crippen LogP contribution in [0.5, 0.6) is 0 Å². The van der Waals surface area contributed by atoms with Gasteiger partial charge in [0.1, 0.15) is 13.2 Å². The van der Waals surface area contributed by atoms with E-state index in [1.165, 1.54) is 89.9 Å². The standard InChI is InChI=1S/C25H53NO3P/c1-5-6-7-8-9-10-11-12-13-14-15-16-17-18-19-20-21-22-25-30(27,28)29-24-23-26(2,3)4/h20H,5-19,21-25H2,1-4H3/p+1. The summed E-state index contributed by atoms with van der Waals surface area (Å²) in [6.45, 7) is 3.37. The highest BCUT2D eigenvalue weighted by molar-refractivity contribution is 7.52. The van der Waals surface area contributed by atoms with Gasteiger partial charge in [-0.1, -0.05) is 103 Å². The zero-order valence-corrected chi connectivity index (χ0v) is 21.8. The fraction of sp³-hybridized carbons (Fsp3) is 0.960. The number of quaternary nitrogens is 1. The van der Waals surface area contributed by atoms with Gasteiger partial charge in [0.05, 0.1) is 21.1 Å². The molecule has 0 aliphatic carbocycles. The number of rotatable bonds is 23. The van der Waals surface area contributed by atoms with Crippen LogP contribution in [0.25, 0.3) is 0 Å². The fourth-order valence-corrected chi connectivity index (χ4v) is 4.66. The Morgan fingerprint density at radius 1 is 0.733 bits per heavy atom. The van der Waals surface area contributed by atoms with E-state index in [0.29, 0.717) is 6.61 Å². The van der Waals surface area contributed by atoms with Gasteiger partial charge in [0.15, 0.2) is 0 Å². The molecule has 1 unspecified atom stereocenters. The second-order valence-corrected chi connectivity index (χ2v) is 12.0. The molecule has 0 aliphatic heterocycles. The normalized spacial score (nSPS) is 14.2. The van der Waals surface area contributed by atoms with Crippen molar-refractivity contribution in [2.75, 3.05) is 40.5 Å². The highest BCUT2D eigenvalue weighted by atomic mass is 31.2. The summed E-state index contributed by atoms with van der Waals surface area (Å²) in [6.07, 6.45) is 24.9. The first kappa shape index (κ1) is 30.1. The minimum Gasteiger partial charge on any atom is -0.329 e. The first-order valence-corrected chi connectivity index (χ1v) is 14.6. The van der Waals surface area contributed by atoms with Crippen molar-refractivity contribution in [3.8, 4) is 0 Å². The second-order valence-electron chi connectivity index (χ2n) is 10.0. The Morgan fingerprint density at radius 3 is 1.63 bits per heavy atom. The summed E-state index contributed by atoms with van der Waals surface area (Å²) < 4.78 is 17.9. The molecule has 5 heteroatoms. The predicted molar refractivity (Wildman–Crippen MR) is 132 cm³/mol. The lowest BCUT2D eigenvalue weighted by molar-refractivity contribution is -0.870. The van der Waals surface area contributed by atoms with E-state index in [0.717, 1.165) is 30.3 Å². The van der Waals surface area contributed by atoms with E-state index in [9.17, 15) is 9.46 Å². The third-order valence-electron chi connectivity index (χ3n) is 5.67. The smallest absolute Gasteiger partial charge is 0.328 e. The van der Waals surface area contributed by atoms with Gasteiger partial charge in [-0.15, -0.1) is 0 Å². The van der Waals surface area contributed by atoms with Crippen LogP contribution in [0.15, 0.2) is 0 Å². The van der Waals surface area contributed by atoms with Gasteiger partial charge < -0.3 is 13.9 Å². The van der Waals surface area contributed by atoms with Crippen molar-refractivity contribution < 1.29 is 18.5 Å². The first-order chi connectivity index (χ1) is 14.3. The van der Waals surface area contributed by atoms with Crippen LogP contribution in [0, 0.1) is 6.42 Å². The molecule has 0 saturated carbocycles. The largest absolute Gasteiger partial charge is 0.329 e. The Hall–Kier alpha value is 0.110. The Morgan fingerprint density at radius 2 is 1.17 bits per heavy atom. The van der Waals surface area contributed by atoms with Crippen molar-refractivity contribution in [3.05, 3.63) is 6.42 Å². The summed E-state index contributed by atoms with van der Waals surface area (Å²) in [5.41, 5.74) is 0. The maximum absolute atomic E-state index is 12.0. The third kappa shape index (κ3) is 24.4. The molecule has 1 atom stereocenters. The number of nitrogens with zero attached hydrogens (tertiary/aromatic N) is 1. The molecule has 0 amide bonds. The molecule has 0 saturated heterocycles. The molecule has 0 heterocycles. The Kier molecular flexibility index (Phi) is 19.8.